The van der Waals surface area contributed by atoms with Crippen LogP contribution in [0.5, 0.6) is 0 Å². The summed E-state index contributed by atoms with van der Waals surface area (Å²) in [6.45, 7) is 7.50. The number of rotatable bonds is 12. The number of esters is 2. The Balaban J connectivity index is 3.49. The fraction of sp³-hybridized carbons (Fsp3) is 0.714. The van der Waals surface area contributed by atoms with E-state index in [1.165, 1.54) is 0 Å². The molecule has 0 bridgehead atoms. The zero-order valence-electron chi connectivity index (χ0n) is 12.3. The molecule has 0 aromatic rings. The number of hydrogen-bond donors (Lipinski definition) is 0. The first-order valence-corrected chi connectivity index (χ1v) is 6.69. The molecule has 0 spiro atoms. The van der Waals surface area contributed by atoms with Crippen LogP contribution in [0.15, 0.2) is 12.2 Å². The maximum Gasteiger partial charge on any atom is 0.333 e. The molecule has 0 rings (SSSR count). The molecule has 0 aromatic carbocycles. The van der Waals surface area contributed by atoms with E-state index >= 15 is 0 Å². The van der Waals surface area contributed by atoms with Crippen molar-refractivity contribution in [1.29, 1.82) is 0 Å². The van der Waals surface area contributed by atoms with E-state index in [0.29, 0.717) is 32.8 Å². The quantitative estimate of drug-likeness (QED) is 0.308. The molecule has 0 atom stereocenters. The molecule has 0 saturated heterocycles. The van der Waals surface area contributed by atoms with Crippen LogP contribution in [0.4, 0.5) is 0 Å². The predicted molar refractivity (Wildman–Crippen MR) is 73.3 cm³/mol. The van der Waals surface area contributed by atoms with E-state index in [2.05, 4.69) is 6.58 Å². The smallest absolute Gasteiger partial charge is 0.333 e. The second-order valence-electron chi connectivity index (χ2n) is 4.03. The van der Waals surface area contributed by atoms with Crippen molar-refractivity contribution in [3.63, 3.8) is 0 Å². The third kappa shape index (κ3) is 10.5. The summed E-state index contributed by atoms with van der Waals surface area (Å²) in [6.07, 6.45) is 1.38. The minimum absolute atomic E-state index is 0.111. The van der Waals surface area contributed by atoms with Gasteiger partial charge < -0.3 is 18.9 Å². The fourth-order valence-electron chi connectivity index (χ4n) is 1.27. The van der Waals surface area contributed by atoms with Crippen LogP contribution in [-0.2, 0) is 28.5 Å². The summed E-state index contributed by atoms with van der Waals surface area (Å²) in [5.41, 5.74) is 0.111. The van der Waals surface area contributed by atoms with Crippen molar-refractivity contribution in [2.45, 2.75) is 26.2 Å². The summed E-state index contributed by atoms with van der Waals surface area (Å²) >= 11 is 0. The Hall–Kier alpha value is -1.40. The molecule has 0 saturated carbocycles. The summed E-state index contributed by atoms with van der Waals surface area (Å²) < 4.78 is 19.8. The molecule has 20 heavy (non-hydrogen) atoms. The van der Waals surface area contributed by atoms with Crippen molar-refractivity contribution in [1.82, 2.24) is 0 Å². The Kier molecular flexibility index (Phi) is 11.7. The summed E-state index contributed by atoms with van der Waals surface area (Å²) in [5.74, 6) is -1.03. The molecule has 6 heteroatoms. The molecule has 0 aliphatic carbocycles. The molecule has 0 aliphatic rings. The monoisotopic (exact) mass is 288 g/mol. The van der Waals surface area contributed by atoms with E-state index in [-0.39, 0.29) is 18.6 Å². The molecule has 0 radical (unpaired) electrons. The Morgan fingerprint density at radius 1 is 1.00 bits per heavy atom. The van der Waals surface area contributed by atoms with E-state index in [1.807, 2.05) is 0 Å². The lowest BCUT2D eigenvalue weighted by molar-refractivity contribution is -0.146. The van der Waals surface area contributed by atoms with Gasteiger partial charge in [0.2, 0.25) is 0 Å². The predicted octanol–water partition coefficient (Wildman–Crippen LogP) is 1.48. The molecule has 116 valence electrons. The third-order valence-electron chi connectivity index (χ3n) is 2.30. The molecule has 0 fully saturated rings. The van der Waals surface area contributed by atoms with Crippen molar-refractivity contribution >= 4 is 11.9 Å². The second-order valence-corrected chi connectivity index (χ2v) is 4.03. The molecule has 6 nitrogen and oxygen atoms in total. The van der Waals surface area contributed by atoms with E-state index in [4.69, 9.17) is 18.9 Å². The Morgan fingerprint density at radius 2 is 1.70 bits per heavy atom. The largest absolute Gasteiger partial charge is 0.465 e. The lowest BCUT2D eigenvalue weighted by Gasteiger charge is -2.07. The molecular weight excluding hydrogens is 264 g/mol. The van der Waals surface area contributed by atoms with Gasteiger partial charge in [-0.15, -0.1) is 0 Å². The molecular formula is C14H24O6. The van der Waals surface area contributed by atoms with Crippen LogP contribution in [-0.4, -0.2) is 52.1 Å². The first-order valence-electron chi connectivity index (χ1n) is 6.69. The van der Waals surface area contributed by atoms with Gasteiger partial charge in [0, 0.05) is 19.3 Å². The summed E-state index contributed by atoms with van der Waals surface area (Å²) in [7, 11) is 1.62. The highest BCUT2D eigenvalue weighted by molar-refractivity contribution is 5.93. The molecule has 0 aliphatic heterocycles. The van der Waals surface area contributed by atoms with Crippen LogP contribution < -0.4 is 0 Å². The lowest BCUT2D eigenvalue weighted by atomic mass is 10.2. The van der Waals surface area contributed by atoms with Crippen LogP contribution in [0, 0.1) is 0 Å². The van der Waals surface area contributed by atoms with Crippen LogP contribution >= 0.6 is 0 Å². The van der Waals surface area contributed by atoms with Gasteiger partial charge in [-0.1, -0.05) is 6.58 Å². The van der Waals surface area contributed by atoms with Gasteiger partial charge in [0.1, 0.15) is 0 Å². The van der Waals surface area contributed by atoms with E-state index in [1.54, 1.807) is 14.0 Å². The van der Waals surface area contributed by atoms with Crippen LogP contribution in [0.1, 0.15) is 26.2 Å². The number of unbranched alkanes of at least 4 members (excludes halogenated alkanes) is 1. The van der Waals surface area contributed by atoms with Crippen molar-refractivity contribution < 1.29 is 28.5 Å². The van der Waals surface area contributed by atoms with Gasteiger partial charge in [0.25, 0.3) is 0 Å². The standard InChI is InChI=1S/C14H24O6/c1-4-19-14(16)12(2)11-13(15)20-8-6-5-7-18-10-9-17-3/h2,4-11H2,1,3H3. The number of ether oxygens (including phenoxy) is 4. The highest BCUT2D eigenvalue weighted by Gasteiger charge is 2.13. The summed E-state index contributed by atoms with van der Waals surface area (Å²) in [4.78, 5) is 22.6. The second kappa shape index (κ2) is 12.6. The minimum Gasteiger partial charge on any atom is -0.465 e. The minimum atomic E-state index is -0.559. The maximum atomic E-state index is 11.4. The van der Waals surface area contributed by atoms with Gasteiger partial charge in [-0.3, -0.25) is 4.79 Å². The zero-order chi connectivity index (χ0) is 15.2. The van der Waals surface area contributed by atoms with Gasteiger partial charge >= 0.3 is 11.9 Å². The molecule has 0 N–H and O–H groups in total. The van der Waals surface area contributed by atoms with Crippen molar-refractivity contribution in [3.8, 4) is 0 Å². The van der Waals surface area contributed by atoms with Crippen molar-refractivity contribution in [3.05, 3.63) is 12.2 Å². The van der Waals surface area contributed by atoms with E-state index in [0.717, 1.165) is 6.42 Å². The van der Waals surface area contributed by atoms with E-state index in [9.17, 15) is 9.59 Å². The Labute approximate surface area is 120 Å². The van der Waals surface area contributed by atoms with Gasteiger partial charge in [0.05, 0.1) is 32.8 Å². The summed E-state index contributed by atoms with van der Waals surface area (Å²) in [6, 6.07) is 0. The Morgan fingerprint density at radius 3 is 2.35 bits per heavy atom. The maximum absolute atomic E-state index is 11.4. The number of hydrogen-bond acceptors (Lipinski definition) is 6. The first-order chi connectivity index (χ1) is 9.61. The highest BCUT2D eigenvalue weighted by Crippen LogP contribution is 2.03. The average Bonchev–Trinajstić information content (AvgIpc) is 2.42. The van der Waals surface area contributed by atoms with Gasteiger partial charge in [-0.25, -0.2) is 4.79 Å². The average molecular weight is 288 g/mol. The first kappa shape index (κ1) is 18.6. The lowest BCUT2D eigenvalue weighted by Crippen LogP contribution is -2.13. The number of carbonyl (C=O) groups is 2. The third-order valence-corrected chi connectivity index (χ3v) is 2.30. The van der Waals surface area contributed by atoms with Gasteiger partial charge in [-0.05, 0) is 19.8 Å². The van der Waals surface area contributed by atoms with Crippen LogP contribution in [0.3, 0.4) is 0 Å². The molecule has 0 heterocycles. The fourth-order valence-corrected chi connectivity index (χ4v) is 1.27. The highest BCUT2D eigenvalue weighted by atomic mass is 16.5. The number of carbonyl (C=O) groups excluding carboxylic acids is 2. The normalized spacial score (nSPS) is 10.1. The van der Waals surface area contributed by atoms with Crippen LogP contribution in [0.25, 0.3) is 0 Å². The van der Waals surface area contributed by atoms with Gasteiger partial charge in [0.15, 0.2) is 0 Å². The molecule has 0 unspecified atom stereocenters. The number of methoxy groups -OCH3 is 1. The van der Waals surface area contributed by atoms with E-state index < -0.39 is 11.9 Å². The molecule has 0 amide bonds. The van der Waals surface area contributed by atoms with Crippen molar-refractivity contribution in [2.75, 3.05) is 40.1 Å². The SMILES string of the molecule is C=C(CC(=O)OCCCCOCCOC)C(=O)OCC. The van der Waals surface area contributed by atoms with Crippen LogP contribution in [0.2, 0.25) is 0 Å². The molecule has 0 aromatic heterocycles. The summed E-state index contributed by atoms with van der Waals surface area (Å²) in [5, 5.41) is 0. The topological polar surface area (TPSA) is 71.1 Å². The van der Waals surface area contributed by atoms with Gasteiger partial charge in [-0.2, -0.15) is 0 Å². The Bertz CT molecular complexity index is 300. The zero-order valence-corrected chi connectivity index (χ0v) is 12.3. The van der Waals surface area contributed by atoms with Crippen molar-refractivity contribution in [2.24, 2.45) is 0 Å².